The maximum Gasteiger partial charge on any atom is 0.306 e. The van der Waals surface area contributed by atoms with Gasteiger partial charge < -0.3 is 14.2 Å². The Bertz CT molecular complexity index is 1130. The summed E-state index contributed by atoms with van der Waals surface area (Å²) in [7, 11) is 0. The van der Waals surface area contributed by atoms with Gasteiger partial charge >= 0.3 is 17.9 Å². The molecule has 6 nitrogen and oxygen atoms in total. The highest BCUT2D eigenvalue weighted by Gasteiger charge is 2.19. The minimum atomic E-state index is -0.787. The molecule has 0 saturated heterocycles. The van der Waals surface area contributed by atoms with Gasteiger partial charge in [0.15, 0.2) is 6.10 Å². The molecule has 0 fully saturated rings. The molecule has 0 radical (unpaired) electrons. The first-order valence-electron chi connectivity index (χ1n) is 24.4. The molecule has 0 aliphatic rings. The number of allylic oxidation sites excluding steroid dienone is 12. The fourth-order valence-corrected chi connectivity index (χ4v) is 6.49. The van der Waals surface area contributed by atoms with Crippen LogP contribution in [0.1, 0.15) is 226 Å². The molecule has 0 heterocycles. The SMILES string of the molecule is CC/C=C\C/C=C\C/C=C\C/C=C\CCCCCCCCC(=O)OCC(COC(=O)CCCCCCC/C=C\CCC)OC(=O)CCCCCCC/C=C\CCCCC. The van der Waals surface area contributed by atoms with E-state index in [0.29, 0.717) is 19.3 Å². The summed E-state index contributed by atoms with van der Waals surface area (Å²) in [5.41, 5.74) is 0. The molecule has 0 amide bonds. The molecule has 0 spiro atoms. The van der Waals surface area contributed by atoms with Crippen molar-refractivity contribution in [1.82, 2.24) is 0 Å². The van der Waals surface area contributed by atoms with Gasteiger partial charge in [-0.2, -0.15) is 0 Å². The number of carbonyl (C=O) groups is 3. The number of hydrogen-bond acceptors (Lipinski definition) is 6. The third-order valence-electron chi connectivity index (χ3n) is 10.1. The van der Waals surface area contributed by atoms with Crippen LogP contribution in [0, 0.1) is 0 Å². The first-order valence-corrected chi connectivity index (χ1v) is 24.4. The fourth-order valence-electron chi connectivity index (χ4n) is 6.49. The first kappa shape index (κ1) is 55.9. The van der Waals surface area contributed by atoms with Crippen LogP contribution in [-0.4, -0.2) is 37.2 Å². The van der Waals surface area contributed by atoms with Gasteiger partial charge in [0.25, 0.3) is 0 Å². The molecule has 0 aromatic rings. The highest BCUT2D eigenvalue weighted by atomic mass is 16.6. The molecule has 0 aliphatic heterocycles. The fraction of sp³-hybridized carbons (Fsp3) is 0.717. The second kappa shape index (κ2) is 47.5. The van der Waals surface area contributed by atoms with E-state index < -0.39 is 6.10 Å². The van der Waals surface area contributed by atoms with Gasteiger partial charge in [0.2, 0.25) is 0 Å². The monoisotopic (exact) mass is 823 g/mol. The number of esters is 3. The van der Waals surface area contributed by atoms with Crippen molar-refractivity contribution < 1.29 is 28.6 Å². The van der Waals surface area contributed by atoms with Gasteiger partial charge in [0.1, 0.15) is 13.2 Å². The second-order valence-electron chi connectivity index (χ2n) is 16.0. The van der Waals surface area contributed by atoms with E-state index in [2.05, 4.69) is 93.7 Å². The molecule has 1 unspecified atom stereocenters. The highest BCUT2D eigenvalue weighted by Crippen LogP contribution is 2.13. The van der Waals surface area contributed by atoms with Gasteiger partial charge in [-0.3, -0.25) is 14.4 Å². The van der Waals surface area contributed by atoms with E-state index in [9.17, 15) is 14.4 Å². The quantitative estimate of drug-likeness (QED) is 0.0264. The van der Waals surface area contributed by atoms with Crippen LogP contribution >= 0.6 is 0 Å². The Morgan fingerprint density at radius 1 is 0.356 bits per heavy atom. The first-order chi connectivity index (χ1) is 29.0. The Morgan fingerprint density at radius 2 is 0.695 bits per heavy atom. The topological polar surface area (TPSA) is 78.9 Å². The van der Waals surface area contributed by atoms with Gasteiger partial charge in [0.05, 0.1) is 0 Å². The number of rotatable bonds is 43. The summed E-state index contributed by atoms with van der Waals surface area (Å²) < 4.78 is 16.7. The summed E-state index contributed by atoms with van der Waals surface area (Å²) in [6.45, 7) is 6.40. The van der Waals surface area contributed by atoms with Gasteiger partial charge in [-0.1, -0.05) is 177 Å². The zero-order valence-electron chi connectivity index (χ0n) is 38.5. The van der Waals surface area contributed by atoms with E-state index in [0.717, 1.165) is 116 Å². The molecule has 0 bridgehead atoms. The lowest BCUT2D eigenvalue weighted by molar-refractivity contribution is -0.167. The lowest BCUT2D eigenvalue weighted by atomic mass is 10.1. The molecule has 0 saturated carbocycles. The van der Waals surface area contributed by atoms with E-state index >= 15 is 0 Å². The summed E-state index contributed by atoms with van der Waals surface area (Å²) in [6.07, 6.45) is 58.8. The van der Waals surface area contributed by atoms with E-state index in [-0.39, 0.29) is 31.1 Å². The minimum Gasteiger partial charge on any atom is -0.462 e. The van der Waals surface area contributed by atoms with Crippen LogP contribution < -0.4 is 0 Å². The maximum absolute atomic E-state index is 12.7. The number of carbonyl (C=O) groups excluding carboxylic acids is 3. The average molecular weight is 823 g/mol. The minimum absolute atomic E-state index is 0.0885. The Balaban J connectivity index is 4.37. The van der Waals surface area contributed by atoms with Crippen LogP contribution in [0.25, 0.3) is 0 Å². The van der Waals surface area contributed by atoms with E-state index in [1.165, 1.54) is 70.6 Å². The lowest BCUT2D eigenvalue weighted by Crippen LogP contribution is -2.30. The number of ether oxygens (including phenoxy) is 3. The molecule has 0 aromatic carbocycles. The van der Waals surface area contributed by atoms with Crippen LogP contribution in [0.5, 0.6) is 0 Å². The predicted octanol–water partition coefficient (Wildman–Crippen LogP) is 15.9. The molecule has 0 rings (SSSR count). The Labute approximate surface area is 363 Å². The van der Waals surface area contributed by atoms with Crippen molar-refractivity contribution >= 4 is 17.9 Å². The van der Waals surface area contributed by atoms with Crippen molar-refractivity contribution in [3.63, 3.8) is 0 Å². The molecule has 0 aromatic heterocycles. The van der Waals surface area contributed by atoms with Crippen LogP contribution in [0.3, 0.4) is 0 Å². The van der Waals surface area contributed by atoms with Crippen LogP contribution in [0.2, 0.25) is 0 Å². The Kier molecular flexibility index (Phi) is 45.0. The van der Waals surface area contributed by atoms with Crippen molar-refractivity contribution in [1.29, 1.82) is 0 Å². The number of unbranched alkanes of at least 4 members (excludes halogenated alkanes) is 20. The normalized spacial score (nSPS) is 12.7. The Hall–Kier alpha value is -3.15. The number of hydrogen-bond donors (Lipinski definition) is 0. The van der Waals surface area contributed by atoms with E-state index in [4.69, 9.17) is 14.2 Å². The van der Waals surface area contributed by atoms with Crippen molar-refractivity contribution in [2.75, 3.05) is 13.2 Å². The summed E-state index contributed by atoms with van der Waals surface area (Å²) in [6, 6.07) is 0. The third-order valence-corrected chi connectivity index (χ3v) is 10.1. The standard InChI is InChI=1S/C53H90O6/c1-4-7-10-13-16-19-22-24-25-26-27-28-29-30-32-34-37-40-43-46-52(55)58-49-50(48-57-51(54)45-42-39-36-33-21-18-15-12-9-6-3)59-53(56)47-44-41-38-35-31-23-20-17-14-11-8-5-2/h7,10,12,15-17,19-20,24-25,27-28,50H,4-6,8-9,11,13-14,18,21-23,26,29-49H2,1-3H3/b10-7-,15-12-,19-16-,20-17-,25-24-,28-27-. The molecule has 59 heavy (non-hydrogen) atoms. The van der Waals surface area contributed by atoms with Crippen LogP contribution in [0.4, 0.5) is 0 Å². The smallest absolute Gasteiger partial charge is 0.306 e. The summed E-state index contributed by atoms with van der Waals surface area (Å²) in [5.74, 6) is -0.925. The lowest BCUT2D eigenvalue weighted by Gasteiger charge is -2.18. The molecular formula is C53H90O6. The maximum atomic E-state index is 12.7. The molecule has 1 atom stereocenters. The molecule has 6 heteroatoms. The van der Waals surface area contributed by atoms with Crippen molar-refractivity contribution in [2.24, 2.45) is 0 Å². The molecule has 0 N–H and O–H groups in total. The van der Waals surface area contributed by atoms with Gasteiger partial charge in [-0.25, -0.2) is 0 Å². The zero-order chi connectivity index (χ0) is 43.0. The second-order valence-corrected chi connectivity index (χ2v) is 16.0. The molecule has 0 aliphatic carbocycles. The summed E-state index contributed by atoms with van der Waals surface area (Å²) in [5, 5.41) is 0. The zero-order valence-corrected chi connectivity index (χ0v) is 38.5. The molecule has 338 valence electrons. The van der Waals surface area contributed by atoms with Crippen molar-refractivity contribution in [2.45, 2.75) is 232 Å². The van der Waals surface area contributed by atoms with Crippen LogP contribution in [-0.2, 0) is 28.6 Å². The van der Waals surface area contributed by atoms with Crippen molar-refractivity contribution in [3.05, 3.63) is 72.9 Å². The highest BCUT2D eigenvalue weighted by molar-refractivity contribution is 5.71. The van der Waals surface area contributed by atoms with Crippen LogP contribution in [0.15, 0.2) is 72.9 Å². The predicted molar refractivity (Wildman–Crippen MR) is 251 cm³/mol. The van der Waals surface area contributed by atoms with Gasteiger partial charge in [0, 0.05) is 19.3 Å². The van der Waals surface area contributed by atoms with E-state index in [1.54, 1.807) is 0 Å². The van der Waals surface area contributed by atoms with Gasteiger partial charge in [-0.15, -0.1) is 0 Å². The van der Waals surface area contributed by atoms with E-state index in [1.807, 2.05) is 0 Å². The Morgan fingerprint density at radius 3 is 1.12 bits per heavy atom. The summed E-state index contributed by atoms with van der Waals surface area (Å²) in [4.78, 5) is 37.8. The van der Waals surface area contributed by atoms with Gasteiger partial charge in [-0.05, 0) is 103 Å². The largest absolute Gasteiger partial charge is 0.462 e. The van der Waals surface area contributed by atoms with Crippen molar-refractivity contribution in [3.8, 4) is 0 Å². The average Bonchev–Trinajstić information content (AvgIpc) is 3.23. The molecular weight excluding hydrogens is 733 g/mol. The summed E-state index contributed by atoms with van der Waals surface area (Å²) >= 11 is 0. The third kappa shape index (κ3) is 45.8.